The maximum atomic E-state index is 13.3. The molecule has 2 fully saturated rings. The van der Waals surface area contributed by atoms with E-state index in [2.05, 4.69) is 15.1 Å². The van der Waals surface area contributed by atoms with Crippen molar-refractivity contribution in [2.24, 2.45) is 5.92 Å². The second kappa shape index (κ2) is 8.09. The van der Waals surface area contributed by atoms with Crippen LogP contribution in [-0.4, -0.2) is 71.8 Å². The van der Waals surface area contributed by atoms with Crippen molar-refractivity contribution >= 4 is 5.91 Å². The van der Waals surface area contributed by atoms with Crippen molar-refractivity contribution in [3.8, 4) is 0 Å². The number of aromatic amines is 1. The van der Waals surface area contributed by atoms with Gasteiger partial charge in [-0.1, -0.05) is 6.42 Å². The van der Waals surface area contributed by atoms with Crippen molar-refractivity contribution in [1.82, 2.24) is 20.0 Å². The van der Waals surface area contributed by atoms with Gasteiger partial charge in [-0.2, -0.15) is 5.10 Å². The second-order valence-corrected chi connectivity index (χ2v) is 8.13. The summed E-state index contributed by atoms with van der Waals surface area (Å²) in [7, 11) is 1.71. The molecule has 1 aliphatic carbocycles. The molecule has 0 aromatic carbocycles. The van der Waals surface area contributed by atoms with Gasteiger partial charge < -0.3 is 14.5 Å². The lowest BCUT2D eigenvalue weighted by Gasteiger charge is -2.45. The number of methoxy groups -OCH3 is 1. The number of amides is 1. The number of nitrogens with zero attached hydrogens (tertiary/aromatic N) is 3. The molecule has 3 aliphatic rings. The summed E-state index contributed by atoms with van der Waals surface area (Å²) in [6.07, 6.45) is 9.56. The maximum Gasteiger partial charge on any atom is 0.274 e. The van der Waals surface area contributed by atoms with Gasteiger partial charge in [0.2, 0.25) is 0 Å². The summed E-state index contributed by atoms with van der Waals surface area (Å²) in [6, 6.07) is 0.653. The molecule has 2 atom stereocenters. The van der Waals surface area contributed by atoms with E-state index in [1.54, 1.807) is 7.11 Å². The van der Waals surface area contributed by atoms with Gasteiger partial charge in [0.25, 0.3) is 5.91 Å². The zero-order chi connectivity index (χ0) is 17.9. The van der Waals surface area contributed by atoms with E-state index in [1.807, 2.05) is 4.90 Å². The number of hydrogen-bond donors (Lipinski definition) is 1. The van der Waals surface area contributed by atoms with Crippen LogP contribution >= 0.6 is 0 Å². The van der Waals surface area contributed by atoms with Gasteiger partial charge in [0.1, 0.15) is 0 Å². The quantitative estimate of drug-likeness (QED) is 0.845. The molecule has 6 heteroatoms. The number of carbonyl (C=O) groups excluding carboxylic acids is 1. The smallest absolute Gasteiger partial charge is 0.274 e. The Kier molecular flexibility index (Phi) is 5.60. The van der Waals surface area contributed by atoms with Crippen LogP contribution in [0.15, 0.2) is 0 Å². The highest BCUT2D eigenvalue weighted by Gasteiger charge is 2.35. The first-order valence-corrected chi connectivity index (χ1v) is 10.4. The fraction of sp³-hybridized carbons (Fsp3) is 0.800. The first-order chi connectivity index (χ1) is 12.8. The maximum absolute atomic E-state index is 13.3. The standard InChI is InChI=1S/C20H32N4O2/c1-26-13-12-24(20(25)19-16-7-4-8-17(16)21-22-19)14-15-6-5-11-23-10-3-2-9-18(15)23/h15,18H,2-14H2,1H3,(H,21,22)/t15-,18-/m0/s1. The average molecular weight is 361 g/mol. The van der Waals surface area contributed by atoms with Gasteiger partial charge in [0.05, 0.1) is 6.61 Å². The number of rotatable bonds is 6. The number of piperidine rings is 2. The number of aryl methyl sites for hydroxylation is 1. The highest BCUT2D eigenvalue weighted by molar-refractivity contribution is 5.94. The van der Waals surface area contributed by atoms with E-state index >= 15 is 0 Å². The zero-order valence-electron chi connectivity index (χ0n) is 16.0. The van der Waals surface area contributed by atoms with Crippen LogP contribution in [0.25, 0.3) is 0 Å². The van der Waals surface area contributed by atoms with Gasteiger partial charge in [-0.05, 0) is 64.0 Å². The lowest BCUT2D eigenvalue weighted by molar-refractivity contribution is 0.0312. The van der Waals surface area contributed by atoms with Crippen LogP contribution in [0.3, 0.4) is 0 Å². The van der Waals surface area contributed by atoms with Crippen molar-refractivity contribution in [2.75, 3.05) is 39.9 Å². The largest absolute Gasteiger partial charge is 0.383 e. The second-order valence-electron chi connectivity index (χ2n) is 8.13. The Balaban J connectivity index is 1.49. The third-order valence-corrected chi connectivity index (χ3v) is 6.54. The van der Waals surface area contributed by atoms with Crippen LogP contribution in [0.5, 0.6) is 0 Å². The summed E-state index contributed by atoms with van der Waals surface area (Å²) < 4.78 is 5.30. The van der Waals surface area contributed by atoms with Crippen molar-refractivity contribution in [3.05, 3.63) is 17.0 Å². The fourth-order valence-electron chi connectivity index (χ4n) is 5.20. The predicted molar refractivity (Wildman–Crippen MR) is 100 cm³/mol. The Bertz CT molecular complexity index is 627. The highest BCUT2D eigenvalue weighted by atomic mass is 16.5. The Hall–Kier alpha value is -1.40. The summed E-state index contributed by atoms with van der Waals surface area (Å²) in [5.74, 6) is 0.672. The van der Waals surface area contributed by atoms with Gasteiger partial charge >= 0.3 is 0 Å². The minimum atomic E-state index is 0.0920. The topological polar surface area (TPSA) is 61.5 Å². The monoisotopic (exact) mass is 360 g/mol. The van der Waals surface area contributed by atoms with Gasteiger partial charge in [-0.3, -0.25) is 9.89 Å². The first kappa shape index (κ1) is 18.0. The minimum absolute atomic E-state index is 0.0920. The lowest BCUT2D eigenvalue weighted by Crippen LogP contribution is -2.52. The Morgan fingerprint density at radius 3 is 3.00 bits per heavy atom. The van der Waals surface area contributed by atoms with Gasteiger partial charge in [0.15, 0.2) is 5.69 Å². The molecule has 0 spiro atoms. The van der Waals surface area contributed by atoms with E-state index < -0.39 is 0 Å². The number of fused-ring (bicyclic) bond motifs is 2. The van der Waals surface area contributed by atoms with E-state index in [1.165, 1.54) is 45.2 Å². The number of aromatic nitrogens is 2. The molecule has 0 saturated carbocycles. The number of nitrogens with one attached hydrogen (secondary N) is 1. The lowest BCUT2D eigenvalue weighted by atomic mass is 9.83. The summed E-state index contributed by atoms with van der Waals surface area (Å²) in [4.78, 5) is 18.0. The molecular weight excluding hydrogens is 328 g/mol. The summed E-state index contributed by atoms with van der Waals surface area (Å²) in [5, 5.41) is 7.46. The molecular formula is C20H32N4O2. The molecule has 3 heterocycles. The number of carbonyl (C=O) groups is 1. The van der Waals surface area contributed by atoms with Crippen molar-refractivity contribution in [2.45, 2.75) is 57.4 Å². The Morgan fingerprint density at radius 2 is 2.12 bits per heavy atom. The molecule has 6 nitrogen and oxygen atoms in total. The van der Waals surface area contributed by atoms with Crippen LogP contribution in [0.1, 0.15) is 60.3 Å². The minimum Gasteiger partial charge on any atom is -0.383 e. The zero-order valence-corrected chi connectivity index (χ0v) is 16.0. The molecule has 0 bridgehead atoms. The normalized spacial score (nSPS) is 25.7. The van der Waals surface area contributed by atoms with E-state index in [0.717, 1.165) is 37.1 Å². The van der Waals surface area contributed by atoms with Crippen LogP contribution in [0, 0.1) is 5.92 Å². The van der Waals surface area contributed by atoms with Crippen LogP contribution in [-0.2, 0) is 17.6 Å². The third-order valence-electron chi connectivity index (χ3n) is 6.54. The summed E-state index contributed by atoms with van der Waals surface area (Å²) >= 11 is 0. The molecule has 1 aromatic rings. The third kappa shape index (κ3) is 3.54. The van der Waals surface area contributed by atoms with E-state index in [-0.39, 0.29) is 5.91 Å². The van der Waals surface area contributed by atoms with E-state index in [4.69, 9.17) is 4.74 Å². The molecule has 2 saturated heterocycles. The molecule has 1 amide bonds. The number of hydrogen-bond acceptors (Lipinski definition) is 4. The highest BCUT2D eigenvalue weighted by Crippen LogP contribution is 2.32. The van der Waals surface area contributed by atoms with Crippen molar-refractivity contribution < 1.29 is 9.53 Å². The molecule has 1 N–H and O–H groups in total. The van der Waals surface area contributed by atoms with Gasteiger partial charge in [-0.25, -0.2) is 0 Å². The summed E-state index contributed by atoms with van der Waals surface area (Å²) in [5.41, 5.74) is 2.97. The molecule has 0 unspecified atom stereocenters. The molecule has 0 radical (unpaired) electrons. The fourth-order valence-corrected chi connectivity index (χ4v) is 5.20. The Labute approximate surface area is 156 Å². The predicted octanol–water partition coefficient (Wildman–Crippen LogP) is 2.25. The Morgan fingerprint density at radius 1 is 1.23 bits per heavy atom. The van der Waals surface area contributed by atoms with E-state index in [0.29, 0.717) is 30.8 Å². The van der Waals surface area contributed by atoms with Crippen LogP contribution < -0.4 is 0 Å². The molecule has 4 rings (SSSR count). The van der Waals surface area contributed by atoms with Crippen molar-refractivity contribution in [1.29, 1.82) is 0 Å². The first-order valence-electron chi connectivity index (χ1n) is 10.4. The van der Waals surface area contributed by atoms with Crippen LogP contribution in [0.2, 0.25) is 0 Å². The SMILES string of the molecule is COCCN(C[C@@H]1CCCN2CCCC[C@@H]12)C(=O)c1n[nH]c2c1CCC2. The molecule has 1 aromatic heterocycles. The molecule has 26 heavy (non-hydrogen) atoms. The molecule has 2 aliphatic heterocycles. The number of ether oxygens (including phenoxy) is 1. The summed E-state index contributed by atoms with van der Waals surface area (Å²) in [6.45, 7) is 4.55. The van der Waals surface area contributed by atoms with E-state index in [9.17, 15) is 4.79 Å². The van der Waals surface area contributed by atoms with Crippen LogP contribution in [0.4, 0.5) is 0 Å². The molecule has 144 valence electrons. The van der Waals surface area contributed by atoms with Crippen molar-refractivity contribution in [3.63, 3.8) is 0 Å². The average Bonchev–Trinajstić information content (AvgIpc) is 3.28. The van der Waals surface area contributed by atoms with Gasteiger partial charge in [0, 0.05) is 37.5 Å². The number of H-pyrrole nitrogens is 1. The van der Waals surface area contributed by atoms with Gasteiger partial charge in [-0.15, -0.1) is 0 Å².